The minimum Gasteiger partial charge on any atom is -0.618 e. The third-order valence-corrected chi connectivity index (χ3v) is 2.73. The molecule has 0 atom stereocenters. The predicted molar refractivity (Wildman–Crippen MR) is 68.1 cm³/mol. The second kappa shape index (κ2) is 4.68. The highest BCUT2D eigenvalue weighted by Gasteiger charge is 2.22. The molecule has 0 saturated heterocycles. The molecule has 0 bridgehead atoms. The first-order valence-corrected chi connectivity index (χ1v) is 5.89. The average molecular weight is 247 g/mol. The topological polar surface area (TPSA) is 54.0 Å². The van der Waals surface area contributed by atoms with E-state index in [-0.39, 0.29) is 6.10 Å². The Hall–Kier alpha value is -2.04. The molecule has 5 nitrogen and oxygen atoms in total. The van der Waals surface area contributed by atoms with Crippen LogP contribution >= 0.6 is 0 Å². The molecule has 0 radical (unpaired) electrons. The van der Waals surface area contributed by atoms with Gasteiger partial charge in [0.05, 0.1) is 11.8 Å². The Bertz CT molecular complexity index is 561. The van der Waals surface area contributed by atoms with Crippen molar-refractivity contribution in [3.05, 3.63) is 35.3 Å². The van der Waals surface area contributed by atoms with E-state index in [0.717, 1.165) is 16.0 Å². The molecule has 2 rings (SSSR count). The molecular formula is C13H17N3O2. The number of aryl methyl sites for hydroxylation is 1. The number of hydrogen-bond acceptors (Lipinski definition) is 3. The zero-order chi connectivity index (χ0) is 13.3. The fraction of sp³-hybridized carbons (Fsp3) is 0.385. The lowest BCUT2D eigenvalue weighted by Gasteiger charge is -2.09. The number of pyridine rings is 1. The Labute approximate surface area is 106 Å². The van der Waals surface area contributed by atoms with Crippen LogP contribution in [0.3, 0.4) is 0 Å². The summed E-state index contributed by atoms with van der Waals surface area (Å²) in [5.41, 5.74) is 2.21. The van der Waals surface area contributed by atoms with Crippen molar-refractivity contribution in [3.8, 4) is 17.1 Å². The van der Waals surface area contributed by atoms with Gasteiger partial charge >= 0.3 is 0 Å². The lowest BCUT2D eigenvalue weighted by atomic mass is 10.1. The molecule has 0 aliphatic rings. The largest absolute Gasteiger partial charge is 0.618 e. The van der Waals surface area contributed by atoms with Crippen molar-refractivity contribution < 1.29 is 9.47 Å². The summed E-state index contributed by atoms with van der Waals surface area (Å²) >= 11 is 0. The summed E-state index contributed by atoms with van der Waals surface area (Å²) in [6.45, 7) is 5.79. The minimum atomic E-state index is 0.0156. The average Bonchev–Trinajstić information content (AvgIpc) is 2.55. The molecule has 0 amide bonds. The molecule has 18 heavy (non-hydrogen) atoms. The molecule has 2 aromatic heterocycles. The zero-order valence-electron chi connectivity index (χ0n) is 11.0. The van der Waals surface area contributed by atoms with Crippen LogP contribution in [0.1, 0.15) is 19.5 Å². The molecule has 0 spiro atoms. The predicted octanol–water partition coefficient (Wildman–Crippen LogP) is 1.82. The van der Waals surface area contributed by atoms with Crippen LogP contribution in [0.2, 0.25) is 0 Å². The van der Waals surface area contributed by atoms with Gasteiger partial charge in [-0.05, 0) is 26.8 Å². The maximum absolute atomic E-state index is 11.8. The first-order valence-electron chi connectivity index (χ1n) is 5.89. The van der Waals surface area contributed by atoms with E-state index >= 15 is 0 Å². The van der Waals surface area contributed by atoms with E-state index in [4.69, 9.17) is 4.74 Å². The summed E-state index contributed by atoms with van der Waals surface area (Å²) in [7, 11) is 1.84. The van der Waals surface area contributed by atoms with E-state index in [9.17, 15) is 5.21 Å². The van der Waals surface area contributed by atoms with Crippen molar-refractivity contribution in [3.63, 3.8) is 0 Å². The van der Waals surface area contributed by atoms with Crippen molar-refractivity contribution in [1.82, 2.24) is 9.78 Å². The third-order valence-electron chi connectivity index (χ3n) is 2.73. The molecule has 0 aliphatic heterocycles. The van der Waals surface area contributed by atoms with Crippen LogP contribution in [0.5, 0.6) is 5.88 Å². The van der Waals surface area contributed by atoms with Gasteiger partial charge in [-0.2, -0.15) is 4.73 Å². The SMILES string of the molecule is Cc1c(-c2cccc[n+]2[O-])c(OC(C)C)nn1C. The molecular weight excluding hydrogens is 230 g/mol. The smallest absolute Gasteiger partial charge is 0.247 e. The standard InChI is InChI=1S/C13H17N3O2/c1-9(2)18-13-12(10(3)15(4)14-13)11-7-5-6-8-16(11)17/h5-9H,1-4H3. The zero-order valence-corrected chi connectivity index (χ0v) is 11.0. The lowest BCUT2D eigenvalue weighted by molar-refractivity contribution is -0.593. The quantitative estimate of drug-likeness (QED) is 0.614. The van der Waals surface area contributed by atoms with Crippen LogP contribution in [0.25, 0.3) is 11.3 Å². The number of ether oxygens (including phenoxy) is 1. The maximum Gasteiger partial charge on any atom is 0.247 e. The Balaban J connectivity index is 2.59. The van der Waals surface area contributed by atoms with Gasteiger partial charge < -0.3 is 9.94 Å². The van der Waals surface area contributed by atoms with E-state index in [0.29, 0.717) is 11.6 Å². The van der Waals surface area contributed by atoms with Crippen LogP contribution in [0.15, 0.2) is 24.4 Å². The molecule has 96 valence electrons. The van der Waals surface area contributed by atoms with Crippen LogP contribution in [-0.2, 0) is 7.05 Å². The van der Waals surface area contributed by atoms with Crippen molar-refractivity contribution in [1.29, 1.82) is 0 Å². The molecule has 2 heterocycles. The van der Waals surface area contributed by atoms with Gasteiger partial charge in [0.15, 0.2) is 6.20 Å². The molecule has 0 aromatic carbocycles. The minimum absolute atomic E-state index is 0.0156. The lowest BCUT2D eigenvalue weighted by Crippen LogP contribution is -2.28. The summed E-state index contributed by atoms with van der Waals surface area (Å²) < 4.78 is 8.23. The van der Waals surface area contributed by atoms with E-state index in [1.54, 1.807) is 16.8 Å². The summed E-state index contributed by atoms with van der Waals surface area (Å²) in [6.07, 6.45) is 1.49. The fourth-order valence-corrected chi connectivity index (χ4v) is 1.80. The van der Waals surface area contributed by atoms with Gasteiger partial charge in [-0.15, -0.1) is 5.10 Å². The highest BCUT2D eigenvalue weighted by atomic mass is 16.5. The fourth-order valence-electron chi connectivity index (χ4n) is 1.80. The Morgan fingerprint density at radius 1 is 1.39 bits per heavy atom. The van der Waals surface area contributed by atoms with Gasteiger partial charge in [0.1, 0.15) is 5.56 Å². The molecule has 0 aliphatic carbocycles. The van der Waals surface area contributed by atoms with Crippen molar-refractivity contribution in [2.24, 2.45) is 7.05 Å². The van der Waals surface area contributed by atoms with Gasteiger partial charge in [0.25, 0.3) is 0 Å². The van der Waals surface area contributed by atoms with E-state index in [1.807, 2.05) is 33.9 Å². The van der Waals surface area contributed by atoms with Gasteiger partial charge in [0, 0.05) is 19.2 Å². The van der Waals surface area contributed by atoms with Crippen LogP contribution in [0, 0.1) is 12.1 Å². The van der Waals surface area contributed by atoms with Gasteiger partial charge in [0.2, 0.25) is 11.6 Å². The monoisotopic (exact) mass is 247 g/mol. The maximum atomic E-state index is 11.8. The Kier molecular flexibility index (Phi) is 3.23. The van der Waals surface area contributed by atoms with Crippen molar-refractivity contribution in [2.75, 3.05) is 0 Å². The number of nitrogens with zero attached hydrogens (tertiary/aromatic N) is 3. The second-order valence-corrected chi connectivity index (χ2v) is 4.47. The number of aromatic nitrogens is 3. The summed E-state index contributed by atoms with van der Waals surface area (Å²) in [6, 6.07) is 5.30. The van der Waals surface area contributed by atoms with Crippen LogP contribution in [-0.4, -0.2) is 15.9 Å². The Morgan fingerprint density at radius 3 is 2.72 bits per heavy atom. The van der Waals surface area contributed by atoms with E-state index in [2.05, 4.69) is 5.10 Å². The van der Waals surface area contributed by atoms with Gasteiger partial charge in [-0.3, -0.25) is 4.68 Å². The second-order valence-electron chi connectivity index (χ2n) is 4.47. The van der Waals surface area contributed by atoms with Gasteiger partial charge in [-0.25, -0.2) is 0 Å². The molecule has 0 fully saturated rings. The normalized spacial score (nSPS) is 10.9. The first-order chi connectivity index (χ1) is 8.50. The summed E-state index contributed by atoms with van der Waals surface area (Å²) in [5.74, 6) is 0.501. The van der Waals surface area contributed by atoms with Crippen LogP contribution < -0.4 is 9.47 Å². The molecule has 0 unspecified atom stereocenters. The summed E-state index contributed by atoms with van der Waals surface area (Å²) in [4.78, 5) is 0. The van der Waals surface area contributed by atoms with Crippen molar-refractivity contribution >= 4 is 0 Å². The summed E-state index contributed by atoms with van der Waals surface area (Å²) in [5, 5.41) is 16.2. The molecule has 0 saturated carbocycles. The Morgan fingerprint density at radius 2 is 2.11 bits per heavy atom. The van der Waals surface area contributed by atoms with Crippen molar-refractivity contribution in [2.45, 2.75) is 26.9 Å². The highest BCUT2D eigenvalue weighted by Crippen LogP contribution is 2.30. The molecule has 5 heteroatoms. The van der Waals surface area contributed by atoms with E-state index in [1.165, 1.54) is 6.20 Å². The first kappa shape index (κ1) is 12.4. The third kappa shape index (κ3) is 2.16. The van der Waals surface area contributed by atoms with Crippen LogP contribution in [0.4, 0.5) is 0 Å². The number of rotatable bonds is 3. The number of hydrogen-bond donors (Lipinski definition) is 0. The van der Waals surface area contributed by atoms with E-state index < -0.39 is 0 Å². The van der Waals surface area contributed by atoms with Gasteiger partial charge in [-0.1, -0.05) is 0 Å². The highest BCUT2D eigenvalue weighted by molar-refractivity contribution is 5.65. The molecule has 2 aromatic rings. The molecule has 0 N–H and O–H groups in total.